The van der Waals surface area contributed by atoms with E-state index < -0.39 is 6.10 Å². The summed E-state index contributed by atoms with van der Waals surface area (Å²) < 4.78 is 1.81. The van der Waals surface area contributed by atoms with Gasteiger partial charge in [0.25, 0.3) is 0 Å². The fourth-order valence-corrected chi connectivity index (χ4v) is 2.17. The van der Waals surface area contributed by atoms with Crippen molar-refractivity contribution in [2.24, 2.45) is 5.73 Å². The zero-order valence-electron chi connectivity index (χ0n) is 10.6. The second-order valence-corrected chi connectivity index (χ2v) is 4.81. The van der Waals surface area contributed by atoms with E-state index in [9.17, 15) is 9.90 Å². The number of aliphatic hydroxyl groups excluding tert-OH is 1. The van der Waals surface area contributed by atoms with Crippen LogP contribution in [0, 0.1) is 6.92 Å². The van der Waals surface area contributed by atoms with Gasteiger partial charge >= 0.3 is 0 Å². The lowest BCUT2D eigenvalue weighted by Gasteiger charge is -2.34. The summed E-state index contributed by atoms with van der Waals surface area (Å²) in [4.78, 5) is 13.7. The molecule has 18 heavy (non-hydrogen) atoms. The molecule has 6 nitrogen and oxygen atoms in total. The average molecular weight is 252 g/mol. The van der Waals surface area contributed by atoms with E-state index in [-0.39, 0.29) is 11.9 Å². The molecule has 1 amide bonds. The number of β-amino-alcohol motifs (C(OH)–C–C–N with tert-alkyl or cyclic N) is 1. The van der Waals surface area contributed by atoms with Gasteiger partial charge in [-0.3, -0.25) is 9.48 Å². The lowest BCUT2D eigenvalue weighted by Crippen LogP contribution is -2.52. The predicted octanol–water partition coefficient (Wildman–Crippen LogP) is -0.498. The van der Waals surface area contributed by atoms with Crippen LogP contribution in [0.15, 0.2) is 12.3 Å². The summed E-state index contributed by atoms with van der Waals surface area (Å²) in [5, 5.41) is 13.8. The van der Waals surface area contributed by atoms with Crippen molar-refractivity contribution in [3.05, 3.63) is 18.0 Å². The molecule has 1 saturated heterocycles. The minimum absolute atomic E-state index is 0.0517. The number of likely N-dealkylation sites (tertiary alicyclic amines) is 1. The van der Waals surface area contributed by atoms with Gasteiger partial charge < -0.3 is 15.7 Å². The maximum Gasteiger partial charge on any atom is 0.224 e. The van der Waals surface area contributed by atoms with Crippen molar-refractivity contribution >= 4 is 5.91 Å². The van der Waals surface area contributed by atoms with E-state index in [1.807, 2.05) is 17.7 Å². The van der Waals surface area contributed by atoms with E-state index >= 15 is 0 Å². The number of aliphatic hydroxyl groups is 1. The summed E-state index contributed by atoms with van der Waals surface area (Å²) in [5.74, 6) is 0.0517. The van der Waals surface area contributed by atoms with Gasteiger partial charge in [0.05, 0.1) is 6.10 Å². The van der Waals surface area contributed by atoms with Gasteiger partial charge in [-0.05, 0) is 19.4 Å². The van der Waals surface area contributed by atoms with Crippen LogP contribution in [0.25, 0.3) is 0 Å². The first-order valence-corrected chi connectivity index (χ1v) is 6.28. The Labute approximate surface area is 106 Å². The zero-order valence-corrected chi connectivity index (χ0v) is 10.6. The first kappa shape index (κ1) is 13.0. The molecule has 1 aliphatic rings. The van der Waals surface area contributed by atoms with Crippen LogP contribution in [0.4, 0.5) is 0 Å². The molecule has 6 heteroatoms. The van der Waals surface area contributed by atoms with Crippen LogP contribution in [-0.2, 0) is 11.3 Å². The molecule has 0 aromatic carbocycles. The third kappa shape index (κ3) is 2.88. The van der Waals surface area contributed by atoms with Crippen molar-refractivity contribution < 1.29 is 9.90 Å². The van der Waals surface area contributed by atoms with Crippen LogP contribution < -0.4 is 5.73 Å². The predicted molar refractivity (Wildman–Crippen MR) is 66.8 cm³/mol. The Morgan fingerprint density at radius 3 is 3.06 bits per heavy atom. The van der Waals surface area contributed by atoms with Crippen molar-refractivity contribution in [2.75, 3.05) is 13.1 Å². The number of carbonyl (C=O) groups excluding carboxylic acids is 1. The topological polar surface area (TPSA) is 84.4 Å². The standard InChI is InChI=1S/C12H20N4O2/c1-9-2-5-14-16(9)7-4-12(18)15-6-3-10(13)11(17)8-15/h2,5,10-11,17H,3-4,6-8,13H2,1H3/t10-,11-/m1/s1. The van der Waals surface area contributed by atoms with E-state index in [1.54, 1.807) is 11.1 Å². The Kier molecular flexibility index (Phi) is 3.98. The van der Waals surface area contributed by atoms with Gasteiger partial charge in [0.15, 0.2) is 0 Å². The van der Waals surface area contributed by atoms with Crippen LogP contribution in [0.5, 0.6) is 0 Å². The SMILES string of the molecule is Cc1ccnn1CCC(=O)N1CC[C@@H](N)[C@H](O)C1. The molecular formula is C12H20N4O2. The number of nitrogens with two attached hydrogens (primary N) is 1. The Balaban J connectivity index is 1.83. The van der Waals surface area contributed by atoms with E-state index in [1.165, 1.54) is 0 Å². The second-order valence-electron chi connectivity index (χ2n) is 4.81. The number of hydrogen-bond acceptors (Lipinski definition) is 4. The number of piperidine rings is 1. The van der Waals surface area contributed by atoms with Gasteiger partial charge in [0.2, 0.25) is 5.91 Å². The van der Waals surface area contributed by atoms with Crippen LogP contribution in [0.1, 0.15) is 18.5 Å². The van der Waals surface area contributed by atoms with E-state index in [2.05, 4.69) is 5.10 Å². The van der Waals surface area contributed by atoms with Crippen LogP contribution in [-0.4, -0.2) is 50.9 Å². The maximum atomic E-state index is 12.0. The van der Waals surface area contributed by atoms with Gasteiger partial charge in [0.1, 0.15) is 0 Å². The largest absolute Gasteiger partial charge is 0.390 e. The molecule has 1 aliphatic heterocycles. The Morgan fingerprint density at radius 2 is 2.44 bits per heavy atom. The van der Waals surface area contributed by atoms with E-state index in [4.69, 9.17) is 5.73 Å². The number of nitrogens with zero attached hydrogens (tertiary/aromatic N) is 3. The summed E-state index contributed by atoms with van der Waals surface area (Å²) >= 11 is 0. The molecule has 3 N–H and O–H groups in total. The van der Waals surface area contributed by atoms with Gasteiger partial charge in [-0.1, -0.05) is 0 Å². The van der Waals surface area contributed by atoms with Gasteiger partial charge in [0, 0.05) is 44.0 Å². The number of amides is 1. The second kappa shape index (κ2) is 5.49. The molecule has 2 rings (SSSR count). The number of aromatic nitrogens is 2. The molecule has 1 aromatic rings. The Morgan fingerprint density at radius 1 is 1.67 bits per heavy atom. The quantitative estimate of drug-likeness (QED) is 0.759. The lowest BCUT2D eigenvalue weighted by atomic mass is 10.0. The number of rotatable bonds is 3. The number of carbonyl (C=O) groups is 1. The van der Waals surface area contributed by atoms with Gasteiger partial charge in [-0.2, -0.15) is 5.10 Å². The maximum absolute atomic E-state index is 12.0. The fourth-order valence-electron chi connectivity index (χ4n) is 2.17. The number of aryl methyl sites for hydroxylation is 2. The summed E-state index contributed by atoms with van der Waals surface area (Å²) in [6.07, 6.45) is 2.19. The lowest BCUT2D eigenvalue weighted by molar-refractivity contribution is -0.134. The minimum Gasteiger partial charge on any atom is -0.390 e. The Bertz CT molecular complexity index is 418. The smallest absolute Gasteiger partial charge is 0.224 e. The number of hydrogen-bond donors (Lipinski definition) is 2. The molecule has 1 aromatic heterocycles. The molecule has 2 atom stereocenters. The highest BCUT2D eigenvalue weighted by Crippen LogP contribution is 2.11. The first-order valence-electron chi connectivity index (χ1n) is 6.28. The summed E-state index contributed by atoms with van der Waals surface area (Å²) in [6, 6.07) is 1.70. The molecule has 0 bridgehead atoms. The van der Waals surface area contributed by atoms with Crippen LogP contribution in [0.3, 0.4) is 0 Å². The minimum atomic E-state index is -0.603. The highest BCUT2D eigenvalue weighted by Gasteiger charge is 2.27. The molecular weight excluding hydrogens is 232 g/mol. The van der Waals surface area contributed by atoms with Crippen LogP contribution >= 0.6 is 0 Å². The van der Waals surface area contributed by atoms with E-state index in [0.717, 1.165) is 5.69 Å². The summed E-state index contributed by atoms with van der Waals surface area (Å²) in [6.45, 7) is 3.52. The van der Waals surface area contributed by atoms with Crippen molar-refractivity contribution in [2.45, 2.75) is 38.5 Å². The van der Waals surface area contributed by atoms with Crippen molar-refractivity contribution in [1.82, 2.24) is 14.7 Å². The summed E-state index contributed by atoms with van der Waals surface area (Å²) in [5.41, 5.74) is 6.75. The van der Waals surface area contributed by atoms with Crippen molar-refractivity contribution in [1.29, 1.82) is 0 Å². The third-order valence-corrected chi connectivity index (χ3v) is 3.45. The molecule has 2 heterocycles. The molecule has 0 saturated carbocycles. The summed E-state index contributed by atoms with van der Waals surface area (Å²) in [7, 11) is 0. The Hall–Kier alpha value is -1.40. The highest BCUT2D eigenvalue weighted by atomic mass is 16.3. The third-order valence-electron chi connectivity index (χ3n) is 3.45. The first-order chi connectivity index (χ1) is 8.58. The molecule has 100 valence electrons. The fraction of sp³-hybridized carbons (Fsp3) is 0.667. The van der Waals surface area contributed by atoms with Gasteiger partial charge in [-0.15, -0.1) is 0 Å². The molecule has 0 aliphatic carbocycles. The van der Waals surface area contributed by atoms with Crippen LogP contribution in [0.2, 0.25) is 0 Å². The molecule has 1 fully saturated rings. The van der Waals surface area contributed by atoms with Crippen molar-refractivity contribution in [3.8, 4) is 0 Å². The normalized spacial score (nSPS) is 24.3. The van der Waals surface area contributed by atoms with Crippen molar-refractivity contribution in [3.63, 3.8) is 0 Å². The zero-order chi connectivity index (χ0) is 13.1. The average Bonchev–Trinajstić information content (AvgIpc) is 2.75. The molecule has 0 unspecified atom stereocenters. The highest BCUT2D eigenvalue weighted by molar-refractivity contribution is 5.76. The molecule has 0 spiro atoms. The van der Waals surface area contributed by atoms with E-state index in [0.29, 0.717) is 32.5 Å². The molecule has 0 radical (unpaired) electrons. The monoisotopic (exact) mass is 252 g/mol. The van der Waals surface area contributed by atoms with Gasteiger partial charge in [-0.25, -0.2) is 0 Å².